The van der Waals surface area contributed by atoms with E-state index < -0.39 is 0 Å². The van der Waals surface area contributed by atoms with Crippen LogP contribution in [0.4, 0.5) is 10.5 Å². The van der Waals surface area contributed by atoms with Crippen LogP contribution < -0.4 is 10.2 Å². The second-order valence-electron chi connectivity index (χ2n) is 10.1. The van der Waals surface area contributed by atoms with Crippen molar-refractivity contribution < 1.29 is 9.59 Å². The van der Waals surface area contributed by atoms with Crippen LogP contribution in [0.25, 0.3) is 5.69 Å². The SMILES string of the molecule is CCCCN(CC(=O)N1c2ccccc2-n2cccc2C1c1ccc(Cl)cc1)C(=O)NC1CCCCC1. The summed E-state index contributed by atoms with van der Waals surface area (Å²) in [5, 5.41) is 3.86. The molecule has 1 aliphatic carbocycles. The van der Waals surface area contributed by atoms with Gasteiger partial charge < -0.3 is 14.8 Å². The van der Waals surface area contributed by atoms with Gasteiger partial charge in [-0.3, -0.25) is 9.69 Å². The number of rotatable bonds is 7. The van der Waals surface area contributed by atoms with Crippen LogP contribution in [0.1, 0.15) is 69.2 Å². The van der Waals surface area contributed by atoms with Crippen LogP contribution in [-0.2, 0) is 4.79 Å². The number of hydrogen-bond donors (Lipinski definition) is 1. The van der Waals surface area contributed by atoms with Gasteiger partial charge in [0.05, 0.1) is 17.1 Å². The van der Waals surface area contributed by atoms with Gasteiger partial charge in [-0.15, -0.1) is 0 Å². The molecule has 194 valence electrons. The van der Waals surface area contributed by atoms with Crippen LogP contribution in [0, 0.1) is 0 Å². The number of nitrogens with one attached hydrogen (secondary N) is 1. The van der Waals surface area contributed by atoms with Crippen molar-refractivity contribution in [1.82, 2.24) is 14.8 Å². The van der Waals surface area contributed by atoms with Crippen molar-refractivity contribution in [2.75, 3.05) is 18.0 Å². The van der Waals surface area contributed by atoms with Crippen molar-refractivity contribution in [2.45, 2.75) is 64.0 Å². The molecule has 1 aliphatic heterocycles. The Hall–Kier alpha value is -3.25. The second-order valence-corrected chi connectivity index (χ2v) is 10.5. The van der Waals surface area contributed by atoms with Crippen molar-refractivity contribution in [3.63, 3.8) is 0 Å². The molecule has 2 aromatic carbocycles. The van der Waals surface area contributed by atoms with Gasteiger partial charge in [0.25, 0.3) is 0 Å². The monoisotopic (exact) mass is 518 g/mol. The van der Waals surface area contributed by atoms with Crippen molar-refractivity contribution in [1.29, 1.82) is 0 Å². The van der Waals surface area contributed by atoms with Crippen LogP contribution in [-0.4, -0.2) is 40.5 Å². The lowest BCUT2D eigenvalue weighted by Crippen LogP contribution is -2.51. The van der Waals surface area contributed by atoms with E-state index >= 15 is 0 Å². The van der Waals surface area contributed by atoms with Gasteiger partial charge in [-0.05, 0) is 61.2 Å². The van der Waals surface area contributed by atoms with Crippen molar-refractivity contribution >= 4 is 29.2 Å². The van der Waals surface area contributed by atoms with E-state index in [1.807, 2.05) is 65.7 Å². The first-order chi connectivity index (χ1) is 18.1. The average Bonchev–Trinajstić information content (AvgIpc) is 3.41. The van der Waals surface area contributed by atoms with E-state index in [-0.39, 0.29) is 30.6 Å². The predicted molar refractivity (Wildman–Crippen MR) is 148 cm³/mol. The minimum Gasteiger partial charge on any atom is -0.335 e. The molecule has 2 aliphatic rings. The zero-order valence-electron chi connectivity index (χ0n) is 21.4. The van der Waals surface area contributed by atoms with E-state index in [0.717, 1.165) is 61.2 Å². The van der Waals surface area contributed by atoms with Crippen molar-refractivity contribution in [2.24, 2.45) is 0 Å². The Bertz CT molecular complexity index is 1230. The third kappa shape index (κ3) is 5.40. The van der Waals surface area contributed by atoms with E-state index in [9.17, 15) is 9.59 Å². The molecule has 0 radical (unpaired) electrons. The van der Waals surface area contributed by atoms with Gasteiger partial charge in [0.15, 0.2) is 0 Å². The first-order valence-corrected chi connectivity index (χ1v) is 13.8. The zero-order chi connectivity index (χ0) is 25.8. The molecular weight excluding hydrogens is 484 g/mol. The number of nitrogens with zero attached hydrogens (tertiary/aromatic N) is 3. The standard InChI is InChI=1S/C30H35ClN4O2/c1-2-3-19-33(30(37)32-24-10-5-4-6-11-24)21-28(36)35-26-13-8-7-12-25(26)34-20-9-14-27(34)29(35)22-15-17-23(31)18-16-22/h7-9,12-18,20,24,29H,2-6,10-11,19,21H2,1H3,(H,32,37). The van der Waals surface area contributed by atoms with Gasteiger partial charge in [0.2, 0.25) is 5.91 Å². The number of carbonyl (C=O) groups is 2. The van der Waals surface area contributed by atoms with Crippen LogP contribution >= 0.6 is 11.6 Å². The zero-order valence-corrected chi connectivity index (χ0v) is 22.2. The summed E-state index contributed by atoms with van der Waals surface area (Å²) in [4.78, 5) is 31.1. The molecule has 1 N–H and O–H groups in total. The Morgan fingerprint density at radius 1 is 0.973 bits per heavy atom. The quantitative estimate of drug-likeness (QED) is 0.378. The molecule has 1 unspecified atom stereocenters. The molecule has 5 rings (SSSR count). The molecule has 3 amide bonds. The highest BCUT2D eigenvalue weighted by molar-refractivity contribution is 6.30. The fourth-order valence-corrected chi connectivity index (χ4v) is 5.70. The summed E-state index contributed by atoms with van der Waals surface area (Å²) in [5.41, 5.74) is 3.76. The third-order valence-corrected chi connectivity index (χ3v) is 7.75. The van der Waals surface area contributed by atoms with Crippen molar-refractivity contribution in [3.05, 3.63) is 83.1 Å². The third-order valence-electron chi connectivity index (χ3n) is 7.50. The van der Waals surface area contributed by atoms with E-state index in [0.29, 0.717) is 11.6 Å². The smallest absolute Gasteiger partial charge is 0.318 e. The molecule has 0 spiro atoms. The summed E-state index contributed by atoms with van der Waals surface area (Å²) in [7, 11) is 0. The molecule has 3 aromatic rings. The summed E-state index contributed by atoms with van der Waals surface area (Å²) >= 11 is 6.20. The lowest BCUT2D eigenvalue weighted by Gasteiger charge is -2.39. The highest BCUT2D eigenvalue weighted by atomic mass is 35.5. The Morgan fingerprint density at radius 2 is 1.70 bits per heavy atom. The molecular formula is C30H35ClN4O2. The number of hydrogen-bond acceptors (Lipinski definition) is 2. The molecule has 1 atom stereocenters. The number of unbranched alkanes of at least 4 members (excludes halogenated alkanes) is 1. The van der Waals surface area contributed by atoms with Crippen LogP contribution in [0.2, 0.25) is 5.02 Å². The number of aromatic nitrogens is 1. The number of benzene rings is 2. The summed E-state index contributed by atoms with van der Waals surface area (Å²) in [6, 6.07) is 19.4. The maximum atomic E-state index is 14.2. The van der Waals surface area contributed by atoms with Gasteiger partial charge in [-0.1, -0.05) is 68.5 Å². The number of urea groups is 1. The number of amides is 3. The summed E-state index contributed by atoms with van der Waals surface area (Å²) in [5.74, 6) is -0.102. The fraction of sp³-hybridized carbons (Fsp3) is 0.400. The second kappa shape index (κ2) is 11.4. The van der Waals surface area contributed by atoms with E-state index in [1.54, 1.807) is 4.90 Å². The van der Waals surface area contributed by atoms with Gasteiger partial charge in [-0.25, -0.2) is 4.79 Å². The topological polar surface area (TPSA) is 57.6 Å². The van der Waals surface area contributed by atoms with Crippen LogP contribution in [0.15, 0.2) is 66.9 Å². The first-order valence-electron chi connectivity index (χ1n) is 13.5. The average molecular weight is 519 g/mol. The minimum absolute atomic E-state index is 0.0255. The lowest BCUT2D eigenvalue weighted by molar-refractivity contribution is -0.119. The maximum Gasteiger partial charge on any atom is 0.318 e. The van der Waals surface area contributed by atoms with Crippen LogP contribution in [0.5, 0.6) is 0 Å². The van der Waals surface area contributed by atoms with Gasteiger partial charge >= 0.3 is 6.03 Å². The largest absolute Gasteiger partial charge is 0.335 e. The van der Waals surface area contributed by atoms with Gasteiger partial charge in [0.1, 0.15) is 12.6 Å². The number of halogens is 1. The lowest BCUT2D eigenvalue weighted by atomic mass is 9.96. The molecule has 37 heavy (non-hydrogen) atoms. The molecule has 1 saturated carbocycles. The van der Waals surface area contributed by atoms with E-state index in [1.165, 1.54) is 6.42 Å². The van der Waals surface area contributed by atoms with Crippen molar-refractivity contribution in [3.8, 4) is 5.69 Å². The maximum absolute atomic E-state index is 14.2. The highest BCUT2D eigenvalue weighted by Gasteiger charge is 2.37. The van der Waals surface area contributed by atoms with Gasteiger partial charge in [0, 0.05) is 23.8 Å². The number of carbonyl (C=O) groups excluding carboxylic acids is 2. The Labute approximate surface area is 224 Å². The minimum atomic E-state index is -0.330. The fourth-order valence-electron chi connectivity index (χ4n) is 5.58. The Morgan fingerprint density at radius 3 is 2.43 bits per heavy atom. The summed E-state index contributed by atoms with van der Waals surface area (Å²) in [6.07, 6.45) is 9.38. The van der Waals surface area contributed by atoms with Crippen LogP contribution in [0.3, 0.4) is 0 Å². The Balaban J connectivity index is 1.47. The number of anilines is 1. The molecule has 0 bridgehead atoms. The first kappa shape index (κ1) is 25.4. The number of para-hydroxylation sites is 2. The van der Waals surface area contributed by atoms with Gasteiger partial charge in [-0.2, -0.15) is 0 Å². The molecule has 1 fully saturated rings. The Kier molecular flexibility index (Phi) is 7.85. The summed E-state index contributed by atoms with van der Waals surface area (Å²) in [6.45, 7) is 2.68. The molecule has 1 aromatic heterocycles. The normalized spacial score (nSPS) is 17.1. The molecule has 0 saturated heterocycles. The van der Waals surface area contributed by atoms with E-state index in [2.05, 4.69) is 22.9 Å². The molecule has 6 nitrogen and oxygen atoms in total. The molecule has 7 heteroatoms. The highest BCUT2D eigenvalue weighted by Crippen LogP contribution is 2.42. The number of fused-ring (bicyclic) bond motifs is 3. The summed E-state index contributed by atoms with van der Waals surface area (Å²) < 4.78 is 2.14. The molecule has 2 heterocycles. The predicted octanol–water partition coefficient (Wildman–Crippen LogP) is 6.71. The van der Waals surface area contributed by atoms with E-state index in [4.69, 9.17) is 11.6 Å².